The third kappa shape index (κ3) is 1.86. The first kappa shape index (κ1) is 11.0. The van der Waals surface area contributed by atoms with Crippen molar-refractivity contribution in [3.63, 3.8) is 0 Å². The molecule has 0 saturated carbocycles. The van der Waals surface area contributed by atoms with Crippen molar-refractivity contribution in [3.8, 4) is 0 Å². The first-order chi connectivity index (χ1) is 6.53. The molecule has 3 nitrogen and oxygen atoms in total. The van der Waals surface area contributed by atoms with E-state index in [-0.39, 0.29) is 23.7 Å². The average molecular weight is 196 g/mol. The molecular weight excluding hydrogens is 180 g/mol. The van der Waals surface area contributed by atoms with Crippen LogP contribution in [0, 0.1) is 11.3 Å². The molecule has 0 aromatic heterocycles. The summed E-state index contributed by atoms with van der Waals surface area (Å²) in [6.45, 7) is 7.68. The van der Waals surface area contributed by atoms with E-state index in [1.54, 1.807) is 6.08 Å². The molecule has 0 aromatic carbocycles. The molecule has 2 atom stereocenters. The van der Waals surface area contributed by atoms with Crippen LogP contribution in [0.4, 0.5) is 0 Å². The van der Waals surface area contributed by atoms with Gasteiger partial charge in [-0.2, -0.15) is 0 Å². The van der Waals surface area contributed by atoms with Gasteiger partial charge in [-0.3, -0.25) is 9.59 Å². The van der Waals surface area contributed by atoms with Crippen LogP contribution in [0.5, 0.6) is 0 Å². The molecule has 1 rings (SSSR count). The lowest BCUT2D eigenvalue weighted by atomic mass is 9.72. The van der Waals surface area contributed by atoms with Crippen LogP contribution in [0.1, 0.15) is 33.1 Å². The van der Waals surface area contributed by atoms with Crippen LogP contribution in [-0.2, 0) is 14.3 Å². The van der Waals surface area contributed by atoms with E-state index in [2.05, 4.69) is 11.3 Å². The van der Waals surface area contributed by atoms with E-state index in [1.165, 1.54) is 0 Å². The second-order valence-electron chi connectivity index (χ2n) is 4.05. The maximum absolute atomic E-state index is 11.4. The molecular formula is C11H16O3. The summed E-state index contributed by atoms with van der Waals surface area (Å²) in [6, 6.07) is 0. The second kappa shape index (κ2) is 3.95. The van der Waals surface area contributed by atoms with Crippen LogP contribution < -0.4 is 0 Å². The Bertz CT molecular complexity index is 270. The highest BCUT2D eigenvalue weighted by atomic mass is 16.6. The summed E-state index contributed by atoms with van der Waals surface area (Å²) >= 11 is 0. The van der Waals surface area contributed by atoms with Gasteiger partial charge < -0.3 is 4.74 Å². The van der Waals surface area contributed by atoms with Crippen LogP contribution >= 0.6 is 0 Å². The average Bonchev–Trinajstić information content (AvgIpc) is 2.46. The lowest BCUT2D eigenvalue weighted by Gasteiger charge is -2.30. The number of rotatable bonds is 4. The quantitative estimate of drug-likeness (QED) is 0.392. The number of carbonyl (C=O) groups is 2. The van der Waals surface area contributed by atoms with Gasteiger partial charge in [0.15, 0.2) is 0 Å². The van der Waals surface area contributed by atoms with Gasteiger partial charge in [-0.05, 0) is 18.3 Å². The molecule has 1 aliphatic rings. The fourth-order valence-electron chi connectivity index (χ4n) is 1.87. The topological polar surface area (TPSA) is 43.4 Å². The number of hydrogen-bond donors (Lipinski definition) is 0. The minimum absolute atomic E-state index is 0.189. The van der Waals surface area contributed by atoms with Crippen LogP contribution in [0.2, 0.25) is 0 Å². The summed E-state index contributed by atoms with van der Waals surface area (Å²) in [5.74, 6) is -1.07. The van der Waals surface area contributed by atoms with Crippen molar-refractivity contribution in [1.82, 2.24) is 0 Å². The van der Waals surface area contributed by atoms with Gasteiger partial charge in [-0.25, -0.2) is 0 Å². The van der Waals surface area contributed by atoms with E-state index in [4.69, 9.17) is 0 Å². The predicted molar refractivity (Wildman–Crippen MR) is 52.4 cm³/mol. The number of hydrogen-bond acceptors (Lipinski definition) is 3. The summed E-state index contributed by atoms with van der Waals surface area (Å²) in [4.78, 5) is 22.3. The Labute approximate surface area is 84.1 Å². The minimum Gasteiger partial charge on any atom is -0.393 e. The molecule has 1 saturated heterocycles. The third-order valence-electron chi connectivity index (χ3n) is 3.13. The van der Waals surface area contributed by atoms with E-state index in [0.717, 1.165) is 12.8 Å². The van der Waals surface area contributed by atoms with Crippen molar-refractivity contribution in [2.75, 3.05) is 0 Å². The SMILES string of the molecule is C=CCC(C)(CC)C1CC(=O)OC1=O. The zero-order valence-electron chi connectivity index (χ0n) is 8.71. The lowest BCUT2D eigenvalue weighted by molar-refractivity contribution is -0.154. The molecule has 0 amide bonds. The van der Waals surface area contributed by atoms with Crippen LogP contribution in [0.15, 0.2) is 12.7 Å². The summed E-state index contributed by atoms with van der Waals surface area (Å²) in [5.41, 5.74) is -0.189. The zero-order chi connectivity index (χ0) is 10.8. The molecule has 0 aliphatic carbocycles. The summed E-state index contributed by atoms with van der Waals surface area (Å²) in [7, 11) is 0. The van der Waals surface area contributed by atoms with Crippen LogP contribution in [0.3, 0.4) is 0 Å². The van der Waals surface area contributed by atoms with Crippen LogP contribution in [-0.4, -0.2) is 11.9 Å². The minimum atomic E-state index is -0.399. The molecule has 1 fully saturated rings. The maximum Gasteiger partial charge on any atom is 0.317 e. The Morgan fingerprint density at radius 2 is 2.29 bits per heavy atom. The van der Waals surface area contributed by atoms with Crippen LogP contribution in [0.25, 0.3) is 0 Å². The van der Waals surface area contributed by atoms with Crippen molar-refractivity contribution in [2.24, 2.45) is 11.3 Å². The Morgan fingerprint density at radius 1 is 1.64 bits per heavy atom. The van der Waals surface area contributed by atoms with Gasteiger partial charge in [0.2, 0.25) is 0 Å². The smallest absolute Gasteiger partial charge is 0.317 e. The Morgan fingerprint density at radius 3 is 2.64 bits per heavy atom. The van der Waals surface area contributed by atoms with Crippen molar-refractivity contribution >= 4 is 11.9 Å². The Hall–Kier alpha value is -1.12. The van der Waals surface area contributed by atoms with Gasteiger partial charge in [0.25, 0.3) is 0 Å². The van der Waals surface area contributed by atoms with Gasteiger partial charge >= 0.3 is 11.9 Å². The van der Waals surface area contributed by atoms with Gasteiger partial charge in [0.05, 0.1) is 12.3 Å². The number of esters is 2. The van der Waals surface area contributed by atoms with Gasteiger partial charge in [0, 0.05) is 0 Å². The fraction of sp³-hybridized carbons (Fsp3) is 0.636. The van der Waals surface area contributed by atoms with Crippen molar-refractivity contribution in [1.29, 1.82) is 0 Å². The molecule has 1 heterocycles. The maximum atomic E-state index is 11.4. The van der Waals surface area contributed by atoms with Gasteiger partial charge in [-0.1, -0.05) is 19.9 Å². The first-order valence-electron chi connectivity index (χ1n) is 4.89. The van der Waals surface area contributed by atoms with Crippen molar-refractivity contribution < 1.29 is 14.3 Å². The molecule has 0 N–H and O–H groups in total. The van der Waals surface area contributed by atoms with Gasteiger partial charge in [-0.15, -0.1) is 6.58 Å². The van der Waals surface area contributed by atoms with E-state index >= 15 is 0 Å². The molecule has 3 heteroatoms. The highest BCUT2D eigenvalue weighted by molar-refractivity contribution is 5.95. The summed E-state index contributed by atoms with van der Waals surface area (Å²) < 4.78 is 4.56. The van der Waals surface area contributed by atoms with E-state index in [9.17, 15) is 9.59 Å². The molecule has 78 valence electrons. The number of ether oxygens (including phenoxy) is 1. The summed E-state index contributed by atoms with van der Waals surface area (Å²) in [6.07, 6.45) is 3.58. The Balaban J connectivity index is 2.83. The van der Waals surface area contributed by atoms with Crippen molar-refractivity contribution in [2.45, 2.75) is 33.1 Å². The molecule has 0 aromatic rings. The zero-order valence-corrected chi connectivity index (χ0v) is 8.71. The first-order valence-corrected chi connectivity index (χ1v) is 4.89. The molecule has 0 radical (unpaired) electrons. The fourth-order valence-corrected chi connectivity index (χ4v) is 1.87. The Kier molecular flexibility index (Phi) is 3.09. The van der Waals surface area contributed by atoms with E-state index in [0.29, 0.717) is 0 Å². The van der Waals surface area contributed by atoms with Gasteiger partial charge in [0.1, 0.15) is 0 Å². The molecule has 0 bridgehead atoms. The predicted octanol–water partition coefficient (Wildman–Crippen LogP) is 2.07. The monoisotopic (exact) mass is 196 g/mol. The van der Waals surface area contributed by atoms with E-state index < -0.39 is 5.97 Å². The molecule has 14 heavy (non-hydrogen) atoms. The highest BCUT2D eigenvalue weighted by Crippen LogP contribution is 2.40. The number of allylic oxidation sites excluding steroid dienone is 1. The van der Waals surface area contributed by atoms with E-state index in [1.807, 2.05) is 13.8 Å². The molecule has 2 unspecified atom stereocenters. The standard InChI is InChI=1S/C11H16O3/c1-4-6-11(3,5-2)8-7-9(12)14-10(8)13/h4,8H,1,5-7H2,2-3H3. The van der Waals surface area contributed by atoms with Crippen molar-refractivity contribution in [3.05, 3.63) is 12.7 Å². The third-order valence-corrected chi connectivity index (χ3v) is 3.13. The lowest BCUT2D eigenvalue weighted by Crippen LogP contribution is -2.29. The molecule has 0 spiro atoms. The largest absolute Gasteiger partial charge is 0.393 e. The number of cyclic esters (lactones) is 2. The second-order valence-corrected chi connectivity index (χ2v) is 4.05. The summed E-state index contributed by atoms with van der Waals surface area (Å²) in [5, 5.41) is 0. The molecule has 1 aliphatic heterocycles. The number of carbonyl (C=O) groups excluding carboxylic acids is 2. The highest BCUT2D eigenvalue weighted by Gasteiger charge is 2.44. The normalized spacial score (nSPS) is 25.7.